The van der Waals surface area contributed by atoms with Crippen LogP contribution in [0, 0.1) is 0 Å². The standard InChI is InChI=1S/C6BrF13O3S/c7-3(12,13)1(8,9)2(10,11)4(14,15)23-5(16,17)6(18,19)24(20,21)22. The van der Waals surface area contributed by atoms with Crippen LogP contribution in [0.5, 0.6) is 0 Å². The van der Waals surface area contributed by atoms with Gasteiger partial charge in [-0.2, -0.15) is 61.1 Å². The van der Waals surface area contributed by atoms with Crippen molar-refractivity contribution in [2.24, 2.45) is 0 Å². The average Bonchev–Trinajstić information content (AvgIpc) is 2.23. The molecule has 0 aromatic rings. The van der Waals surface area contributed by atoms with Crippen molar-refractivity contribution in [3.8, 4) is 0 Å². The summed E-state index contributed by atoms with van der Waals surface area (Å²) in [7, 11) is -7.77. The second kappa shape index (κ2) is 5.75. The number of halogens is 14. The molecule has 0 fully saturated rings. The number of hydrogen-bond donors (Lipinski definition) is 0. The second-order valence-electron chi connectivity index (χ2n) is 3.74. The second-order valence-corrected chi connectivity index (χ2v) is 6.12. The number of alkyl halides is 13. The van der Waals surface area contributed by atoms with Crippen LogP contribution in [0.15, 0.2) is 0 Å². The largest absolute Gasteiger partial charge is 0.464 e. The summed E-state index contributed by atoms with van der Waals surface area (Å²) >= 11 is 0.535. The first-order valence-electron chi connectivity index (χ1n) is 4.56. The summed E-state index contributed by atoms with van der Waals surface area (Å²) in [6, 6.07) is 0. The Morgan fingerprint density at radius 2 is 1.00 bits per heavy atom. The fraction of sp³-hybridized carbons (Fsp3) is 1.00. The minimum absolute atomic E-state index is 0.535. The highest BCUT2D eigenvalue weighted by molar-refractivity contribution is 9.10. The highest BCUT2D eigenvalue weighted by atomic mass is 79.9. The van der Waals surface area contributed by atoms with Crippen LogP contribution >= 0.6 is 15.9 Å². The van der Waals surface area contributed by atoms with E-state index >= 15 is 0 Å². The molecule has 0 heterocycles. The first-order valence-corrected chi connectivity index (χ1v) is 6.73. The molecular formula is C6BrF13O3S. The van der Waals surface area contributed by atoms with E-state index in [0.29, 0.717) is 15.9 Å². The lowest BCUT2D eigenvalue weighted by Gasteiger charge is -2.36. The maximum absolute atomic E-state index is 12.7. The fourth-order valence-corrected chi connectivity index (χ4v) is 1.36. The molecule has 0 aromatic carbocycles. The molecule has 0 aromatic heterocycles. The summed E-state index contributed by atoms with van der Waals surface area (Å²) in [4.78, 5) is -6.18. The van der Waals surface area contributed by atoms with Gasteiger partial charge in [0.05, 0.1) is 0 Å². The van der Waals surface area contributed by atoms with Crippen LogP contribution in [0.25, 0.3) is 0 Å². The summed E-state index contributed by atoms with van der Waals surface area (Å²) < 4.78 is 183. The molecule has 0 amide bonds. The maximum atomic E-state index is 12.7. The molecule has 0 bridgehead atoms. The normalized spacial score (nSPS) is 16.4. The molecule has 0 radical (unpaired) electrons. The predicted molar refractivity (Wildman–Crippen MR) is 49.7 cm³/mol. The van der Waals surface area contributed by atoms with Crippen molar-refractivity contribution < 1.29 is 69.7 Å². The predicted octanol–water partition coefficient (Wildman–Crippen LogP) is 4.34. The molecule has 0 N–H and O–H groups in total. The molecule has 0 aliphatic heterocycles. The highest BCUT2D eigenvalue weighted by Gasteiger charge is 2.84. The zero-order valence-corrected chi connectivity index (χ0v) is 12.3. The lowest BCUT2D eigenvalue weighted by molar-refractivity contribution is -0.483. The zero-order valence-electron chi connectivity index (χ0n) is 9.92. The van der Waals surface area contributed by atoms with Gasteiger partial charge in [-0.25, -0.2) is 4.74 Å². The van der Waals surface area contributed by atoms with Gasteiger partial charge >= 0.3 is 44.4 Å². The monoisotopic (exact) mass is 478 g/mol. The minimum atomic E-state index is -7.77. The lowest BCUT2D eigenvalue weighted by atomic mass is 10.1. The molecule has 146 valence electrons. The van der Waals surface area contributed by atoms with Crippen LogP contribution in [0.1, 0.15) is 0 Å². The first-order chi connectivity index (χ1) is 9.96. The van der Waals surface area contributed by atoms with Gasteiger partial charge in [0.25, 0.3) is 0 Å². The quantitative estimate of drug-likeness (QED) is 0.310. The van der Waals surface area contributed by atoms with E-state index in [1.54, 1.807) is 0 Å². The van der Waals surface area contributed by atoms with Gasteiger partial charge in [-0.3, -0.25) is 0 Å². The summed E-state index contributed by atoms with van der Waals surface area (Å²) in [5.41, 5.74) is 0. The Morgan fingerprint density at radius 1 is 0.667 bits per heavy atom. The summed E-state index contributed by atoms with van der Waals surface area (Å²) in [6.45, 7) is 0. The van der Waals surface area contributed by atoms with Crippen molar-refractivity contribution in [2.75, 3.05) is 0 Å². The van der Waals surface area contributed by atoms with E-state index in [2.05, 4.69) is 0 Å². The van der Waals surface area contributed by atoms with Gasteiger partial charge in [0, 0.05) is 0 Å². The van der Waals surface area contributed by atoms with Crippen molar-refractivity contribution in [3.63, 3.8) is 0 Å². The van der Waals surface area contributed by atoms with E-state index < -0.39 is 44.4 Å². The molecule has 0 unspecified atom stereocenters. The minimum Gasteiger partial charge on any atom is -0.244 e. The van der Waals surface area contributed by atoms with Crippen LogP contribution < -0.4 is 0 Å². The van der Waals surface area contributed by atoms with Gasteiger partial charge < -0.3 is 0 Å². The van der Waals surface area contributed by atoms with Crippen molar-refractivity contribution in [1.29, 1.82) is 0 Å². The van der Waals surface area contributed by atoms with Gasteiger partial charge in [-0.05, 0) is 15.9 Å². The fourth-order valence-electron chi connectivity index (χ4n) is 0.787. The molecule has 0 atom stereocenters. The number of rotatable bonds is 7. The van der Waals surface area contributed by atoms with Crippen LogP contribution in [-0.2, 0) is 15.0 Å². The maximum Gasteiger partial charge on any atom is 0.464 e. The topological polar surface area (TPSA) is 43.4 Å². The molecule has 0 aliphatic carbocycles. The molecule has 0 saturated carbocycles. The van der Waals surface area contributed by atoms with Crippen LogP contribution in [0.4, 0.5) is 56.6 Å². The van der Waals surface area contributed by atoms with E-state index in [1.165, 1.54) is 4.74 Å². The van der Waals surface area contributed by atoms with Gasteiger partial charge in [-0.1, -0.05) is 3.89 Å². The Kier molecular flexibility index (Phi) is 5.62. The van der Waals surface area contributed by atoms with E-state index in [9.17, 15) is 65.0 Å². The summed E-state index contributed by atoms with van der Waals surface area (Å²) in [5, 5.41) is -7.24. The third-order valence-corrected chi connectivity index (χ3v) is 3.37. The average molecular weight is 479 g/mol. The summed E-state index contributed by atoms with van der Waals surface area (Å²) in [6.07, 6.45) is -14.9. The van der Waals surface area contributed by atoms with Gasteiger partial charge in [0.1, 0.15) is 0 Å². The van der Waals surface area contributed by atoms with Crippen LogP contribution in [0.3, 0.4) is 0 Å². The molecular weight excluding hydrogens is 479 g/mol. The SMILES string of the molecule is O=S(=O)(F)C(F)(F)C(F)(F)OC(F)(F)C(F)(F)C(F)(F)C(F)(F)Br. The Morgan fingerprint density at radius 3 is 1.25 bits per heavy atom. The Balaban J connectivity index is 6.04. The molecule has 0 spiro atoms. The molecule has 0 rings (SSSR count). The third kappa shape index (κ3) is 3.54. The van der Waals surface area contributed by atoms with Crippen LogP contribution in [-0.4, -0.2) is 42.6 Å². The van der Waals surface area contributed by atoms with Crippen molar-refractivity contribution in [2.45, 2.75) is 34.1 Å². The van der Waals surface area contributed by atoms with E-state index in [1.807, 2.05) is 0 Å². The number of hydrogen-bond acceptors (Lipinski definition) is 3. The highest BCUT2D eigenvalue weighted by Crippen LogP contribution is 2.57. The zero-order chi connectivity index (χ0) is 20.2. The molecule has 24 heavy (non-hydrogen) atoms. The smallest absolute Gasteiger partial charge is 0.244 e. The van der Waals surface area contributed by atoms with Crippen molar-refractivity contribution >= 4 is 26.2 Å². The van der Waals surface area contributed by atoms with Crippen molar-refractivity contribution in [1.82, 2.24) is 0 Å². The lowest BCUT2D eigenvalue weighted by Crippen LogP contribution is -2.64. The molecule has 0 saturated heterocycles. The third-order valence-electron chi connectivity index (χ3n) is 2.02. The van der Waals surface area contributed by atoms with E-state index in [0.717, 1.165) is 0 Å². The Hall–Kier alpha value is -0.520. The summed E-state index contributed by atoms with van der Waals surface area (Å²) in [5.74, 6) is -14.8. The van der Waals surface area contributed by atoms with E-state index in [-0.39, 0.29) is 0 Å². The number of ether oxygens (including phenoxy) is 1. The van der Waals surface area contributed by atoms with Gasteiger partial charge in [0.2, 0.25) is 0 Å². The van der Waals surface area contributed by atoms with Gasteiger partial charge in [0.15, 0.2) is 0 Å². The van der Waals surface area contributed by atoms with E-state index in [4.69, 9.17) is 0 Å². The van der Waals surface area contributed by atoms with Crippen LogP contribution in [0.2, 0.25) is 0 Å². The Bertz CT molecular complexity index is 579. The first kappa shape index (κ1) is 23.5. The molecule has 18 heteroatoms. The Labute approximate surface area is 131 Å². The molecule has 3 nitrogen and oxygen atoms in total. The van der Waals surface area contributed by atoms with Crippen molar-refractivity contribution in [3.05, 3.63) is 0 Å². The molecule has 0 aliphatic rings. The van der Waals surface area contributed by atoms with Gasteiger partial charge in [-0.15, -0.1) is 0 Å².